The van der Waals surface area contributed by atoms with Gasteiger partial charge in [-0.05, 0) is 29.7 Å². The Kier molecular flexibility index (Phi) is 9.44. The number of nitrogens with zero attached hydrogens (tertiary/aromatic N) is 2. The average Bonchev–Trinajstić information content (AvgIpc) is 3.04. The Hall–Kier alpha value is -2.07. The fourth-order valence-electron chi connectivity index (χ4n) is 4.74. The second kappa shape index (κ2) is 11.3. The molecule has 1 aliphatic carbocycles. The third-order valence-corrected chi connectivity index (χ3v) is 6.66. The van der Waals surface area contributed by atoms with Crippen molar-refractivity contribution in [3.63, 3.8) is 0 Å². The van der Waals surface area contributed by atoms with E-state index in [2.05, 4.69) is 41.6 Å². The lowest BCUT2D eigenvalue weighted by atomic mass is 9.83. The number of hydrogen-bond acceptors (Lipinski definition) is 5. The van der Waals surface area contributed by atoms with E-state index in [1.165, 1.54) is 23.4 Å². The number of likely N-dealkylation sites (N-methyl/N-ethyl adjacent to an activating group) is 1. The fourth-order valence-corrected chi connectivity index (χ4v) is 4.74. The second-order valence-electron chi connectivity index (χ2n) is 9.21. The van der Waals surface area contributed by atoms with Gasteiger partial charge < -0.3 is 20.3 Å². The van der Waals surface area contributed by atoms with Crippen LogP contribution in [0.15, 0.2) is 42.6 Å². The lowest BCUT2D eigenvalue weighted by molar-refractivity contribution is -0.194. The molecule has 194 valence electrons. The lowest BCUT2D eigenvalue weighted by Crippen LogP contribution is -2.51. The van der Waals surface area contributed by atoms with E-state index in [9.17, 15) is 18.0 Å². The molecule has 4 rings (SSSR count). The summed E-state index contributed by atoms with van der Waals surface area (Å²) in [5.41, 5.74) is 2.80. The number of rotatable bonds is 5. The number of halogens is 5. The van der Waals surface area contributed by atoms with E-state index in [0.717, 1.165) is 13.5 Å². The van der Waals surface area contributed by atoms with Crippen LogP contribution >= 0.6 is 24.8 Å². The third kappa shape index (κ3) is 6.02. The van der Waals surface area contributed by atoms with Gasteiger partial charge in [-0.3, -0.25) is 9.78 Å². The Labute approximate surface area is 215 Å². The zero-order valence-corrected chi connectivity index (χ0v) is 21.4. The van der Waals surface area contributed by atoms with Crippen LogP contribution < -0.4 is 10.6 Å². The summed E-state index contributed by atoms with van der Waals surface area (Å²) in [6.45, 7) is 5.33. The molecule has 3 atom stereocenters. The summed E-state index contributed by atoms with van der Waals surface area (Å²) >= 11 is 0. The van der Waals surface area contributed by atoms with Gasteiger partial charge in [-0.15, -0.1) is 24.8 Å². The van der Waals surface area contributed by atoms with Crippen LogP contribution in [0, 0.1) is 0 Å². The van der Waals surface area contributed by atoms with Crippen molar-refractivity contribution in [2.45, 2.75) is 50.0 Å². The number of hydrogen-bond donors (Lipinski definition) is 2. The molecule has 1 fully saturated rings. The van der Waals surface area contributed by atoms with Crippen molar-refractivity contribution in [1.82, 2.24) is 15.2 Å². The highest BCUT2D eigenvalue weighted by Crippen LogP contribution is 2.40. The molecular weight excluding hydrogens is 504 g/mol. The maximum absolute atomic E-state index is 14.0. The monoisotopic (exact) mass is 534 g/mol. The summed E-state index contributed by atoms with van der Waals surface area (Å²) in [5.74, 6) is -0.723. The lowest BCUT2D eigenvalue weighted by Gasteiger charge is -2.33. The fraction of sp³-hybridized carbons (Fsp3) is 0.500. The first-order valence-electron chi connectivity index (χ1n) is 11.1. The van der Waals surface area contributed by atoms with E-state index in [0.29, 0.717) is 17.1 Å². The number of ether oxygens (including phenoxy) is 1. The number of alkyl halides is 3. The Morgan fingerprint density at radius 1 is 1.23 bits per heavy atom. The molecule has 0 spiro atoms. The van der Waals surface area contributed by atoms with Gasteiger partial charge in [0.25, 0.3) is 5.91 Å². The van der Waals surface area contributed by atoms with Gasteiger partial charge in [0.2, 0.25) is 0 Å². The quantitative estimate of drug-likeness (QED) is 0.599. The number of fused-ring (bicyclic) bond motifs is 1. The van der Waals surface area contributed by atoms with Crippen molar-refractivity contribution >= 4 is 36.4 Å². The highest BCUT2D eigenvalue weighted by atomic mass is 35.5. The second-order valence-corrected chi connectivity index (χ2v) is 9.21. The zero-order chi connectivity index (χ0) is 23.8. The van der Waals surface area contributed by atoms with E-state index in [1.807, 2.05) is 12.1 Å². The minimum absolute atomic E-state index is 0. The molecule has 1 aliphatic heterocycles. The summed E-state index contributed by atoms with van der Waals surface area (Å²) in [5, 5.41) is 6.40. The van der Waals surface area contributed by atoms with Crippen LogP contribution in [0.25, 0.3) is 0 Å². The smallest absolute Gasteiger partial charge is 0.380 e. The number of pyridine rings is 1. The molecule has 0 radical (unpaired) electrons. The van der Waals surface area contributed by atoms with Gasteiger partial charge in [-0.1, -0.05) is 38.1 Å². The Morgan fingerprint density at radius 3 is 2.51 bits per heavy atom. The first-order chi connectivity index (χ1) is 15.6. The Bertz CT molecular complexity index is 999. The Morgan fingerprint density at radius 2 is 1.94 bits per heavy atom. The molecule has 2 aliphatic rings. The maximum Gasteiger partial charge on any atom is 0.414 e. The highest BCUT2D eigenvalue weighted by Gasteiger charge is 2.47. The van der Waals surface area contributed by atoms with Gasteiger partial charge in [0, 0.05) is 31.6 Å². The van der Waals surface area contributed by atoms with Crippen molar-refractivity contribution in [2.75, 3.05) is 32.1 Å². The number of anilines is 1. The number of carbonyl (C=O) groups excluding carboxylic acids is 1. The maximum atomic E-state index is 14.0. The van der Waals surface area contributed by atoms with Gasteiger partial charge in [0.05, 0.1) is 24.2 Å². The molecule has 1 amide bonds. The van der Waals surface area contributed by atoms with E-state index >= 15 is 0 Å². The van der Waals surface area contributed by atoms with E-state index < -0.39 is 24.2 Å². The molecule has 35 heavy (non-hydrogen) atoms. The largest absolute Gasteiger partial charge is 0.414 e. The minimum Gasteiger partial charge on any atom is -0.380 e. The minimum atomic E-state index is -4.68. The van der Waals surface area contributed by atoms with Crippen molar-refractivity contribution in [1.29, 1.82) is 0 Å². The highest BCUT2D eigenvalue weighted by molar-refractivity contribution is 5.85. The number of nitrogens with one attached hydrogen (secondary N) is 2. The molecule has 2 heterocycles. The molecule has 6 nitrogen and oxygen atoms in total. The van der Waals surface area contributed by atoms with Crippen molar-refractivity contribution in [3.8, 4) is 0 Å². The summed E-state index contributed by atoms with van der Waals surface area (Å²) in [7, 11) is 1.14. The average molecular weight is 535 g/mol. The van der Waals surface area contributed by atoms with Crippen LogP contribution in [-0.4, -0.2) is 60.9 Å². The van der Waals surface area contributed by atoms with Crippen LogP contribution in [0.3, 0.4) is 0 Å². The molecule has 0 bridgehead atoms. The van der Waals surface area contributed by atoms with Crippen molar-refractivity contribution in [3.05, 3.63) is 59.4 Å². The predicted octanol–water partition coefficient (Wildman–Crippen LogP) is 4.29. The molecule has 2 N–H and O–H groups in total. The molecule has 0 saturated carbocycles. The van der Waals surface area contributed by atoms with E-state index in [4.69, 9.17) is 4.74 Å². The topological polar surface area (TPSA) is 66.5 Å². The van der Waals surface area contributed by atoms with Crippen LogP contribution in [0.5, 0.6) is 0 Å². The number of aromatic nitrogens is 1. The molecule has 1 aromatic carbocycles. The normalized spacial score (nSPS) is 21.7. The number of carbonyl (C=O) groups is 1. The van der Waals surface area contributed by atoms with Gasteiger partial charge in [0.15, 0.2) is 6.04 Å². The van der Waals surface area contributed by atoms with E-state index in [-0.39, 0.29) is 55.1 Å². The number of amides is 1. The van der Waals surface area contributed by atoms with Crippen LogP contribution in [0.1, 0.15) is 36.7 Å². The van der Waals surface area contributed by atoms with Crippen LogP contribution in [-0.2, 0) is 21.4 Å². The molecule has 0 unspecified atom stereocenters. The van der Waals surface area contributed by atoms with Crippen LogP contribution in [0.4, 0.5) is 18.9 Å². The molecule has 1 aromatic heterocycles. The van der Waals surface area contributed by atoms with E-state index in [1.54, 1.807) is 6.07 Å². The SMILES string of the molecule is CN(C(=O)[C@@H]1CNCCO1)[C@@H](c1ccc(N[C@H]2Cc3ccccc3C2(C)C)cn1)C(F)(F)F.Cl.Cl. The van der Waals surface area contributed by atoms with Gasteiger partial charge in [0.1, 0.15) is 6.10 Å². The zero-order valence-electron chi connectivity index (χ0n) is 19.8. The summed E-state index contributed by atoms with van der Waals surface area (Å²) < 4.78 is 47.2. The standard InChI is InChI=1S/C24H29F3N4O2.2ClH/c1-23(2)17-7-5-4-6-15(17)12-20(23)30-16-8-9-18(29-13-16)21(24(25,26)27)31(3)22(32)19-14-28-10-11-33-19;;/h4-9,13,19-21,28,30H,10-12,14H2,1-3H3;2*1H/t19-,20-,21-;;/m0../s1. The summed E-state index contributed by atoms with van der Waals surface area (Å²) in [4.78, 5) is 17.4. The Balaban J connectivity index is 0.00000216. The summed E-state index contributed by atoms with van der Waals surface area (Å²) in [6, 6.07) is 9.10. The van der Waals surface area contributed by atoms with Gasteiger partial charge >= 0.3 is 6.18 Å². The molecule has 11 heteroatoms. The molecule has 2 aromatic rings. The van der Waals surface area contributed by atoms with Crippen molar-refractivity contribution in [2.24, 2.45) is 0 Å². The number of morpholine rings is 1. The van der Waals surface area contributed by atoms with Crippen LogP contribution in [0.2, 0.25) is 0 Å². The first kappa shape index (κ1) is 29.2. The molecular formula is C24H31Cl2F3N4O2. The first-order valence-corrected chi connectivity index (χ1v) is 11.1. The number of benzene rings is 1. The van der Waals surface area contributed by atoms with Gasteiger partial charge in [-0.25, -0.2) is 0 Å². The van der Waals surface area contributed by atoms with Crippen molar-refractivity contribution < 1.29 is 22.7 Å². The molecule has 1 saturated heterocycles. The third-order valence-electron chi connectivity index (χ3n) is 6.66. The summed E-state index contributed by atoms with van der Waals surface area (Å²) in [6.07, 6.45) is -3.39. The van der Waals surface area contributed by atoms with Gasteiger partial charge in [-0.2, -0.15) is 13.2 Å². The predicted molar refractivity (Wildman–Crippen MR) is 133 cm³/mol.